The Morgan fingerprint density at radius 2 is 1.83 bits per heavy atom. The molecular formula is C21H19ClN6O2. The molecule has 0 aliphatic rings. The minimum absolute atomic E-state index is 0.280. The lowest BCUT2D eigenvalue weighted by molar-refractivity contribution is 0.702. The summed E-state index contributed by atoms with van der Waals surface area (Å²) in [5, 5.41) is 4.84. The molecule has 0 saturated heterocycles. The Morgan fingerprint density at radius 1 is 1.07 bits per heavy atom. The molecule has 30 heavy (non-hydrogen) atoms. The third kappa shape index (κ3) is 3.65. The molecule has 4 aromatic rings. The third-order valence-corrected chi connectivity index (χ3v) is 4.99. The lowest BCUT2D eigenvalue weighted by atomic mass is 10.2. The highest BCUT2D eigenvalue weighted by Gasteiger charge is 2.19. The molecule has 0 radical (unpaired) electrons. The average molecular weight is 423 g/mol. The number of imidazole rings is 1. The van der Waals surface area contributed by atoms with Crippen LogP contribution in [0.25, 0.3) is 11.2 Å². The fraction of sp³-hybridized carbons (Fsp3) is 0.143. The summed E-state index contributed by atoms with van der Waals surface area (Å²) >= 11 is 6.12. The van der Waals surface area contributed by atoms with Crippen LogP contribution in [0.3, 0.4) is 0 Å². The average Bonchev–Trinajstić information content (AvgIpc) is 3.10. The van der Waals surface area contributed by atoms with Gasteiger partial charge in [-0.15, -0.1) is 0 Å². The Morgan fingerprint density at radius 3 is 2.57 bits per heavy atom. The van der Waals surface area contributed by atoms with E-state index in [-0.39, 0.29) is 5.65 Å². The Hall–Kier alpha value is -3.65. The van der Waals surface area contributed by atoms with Crippen LogP contribution in [0.15, 0.2) is 69.3 Å². The molecule has 0 spiro atoms. The van der Waals surface area contributed by atoms with Crippen LogP contribution in [-0.4, -0.2) is 24.9 Å². The van der Waals surface area contributed by atoms with Gasteiger partial charge in [0.25, 0.3) is 5.56 Å². The zero-order chi connectivity index (χ0) is 21.3. The van der Waals surface area contributed by atoms with Crippen molar-refractivity contribution in [2.75, 3.05) is 5.43 Å². The number of benzene rings is 2. The zero-order valence-corrected chi connectivity index (χ0v) is 17.2. The summed E-state index contributed by atoms with van der Waals surface area (Å²) < 4.78 is 4.11. The van der Waals surface area contributed by atoms with Gasteiger partial charge in [-0.3, -0.25) is 18.5 Å². The van der Waals surface area contributed by atoms with Crippen LogP contribution in [0.1, 0.15) is 11.1 Å². The third-order valence-electron chi connectivity index (χ3n) is 4.76. The van der Waals surface area contributed by atoms with E-state index in [0.29, 0.717) is 23.0 Å². The van der Waals surface area contributed by atoms with E-state index in [2.05, 4.69) is 15.5 Å². The van der Waals surface area contributed by atoms with Crippen molar-refractivity contribution in [3.63, 3.8) is 0 Å². The van der Waals surface area contributed by atoms with Crippen LogP contribution in [0.5, 0.6) is 0 Å². The van der Waals surface area contributed by atoms with E-state index in [0.717, 1.165) is 15.7 Å². The number of anilines is 1. The van der Waals surface area contributed by atoms with Crippen molar-refractivity contribution < 1.29 is 0 Å². The highest BCUT2D eigenvalue weighted by Crippen LogP contribution is 2.19. The second kappa shape index (κ2) is 8.00. The summed E-state index contributed by atoms with van der Waals surface area (Å²) in [6.07, 6.45) is 1.65. The number of rotatable bonds is 5. The Balaban J connectivity index is 1.84. The molecule has 2 aromatic heterocycles. The van der Waals surface area contributed by atoms with Crippen molar-refractivity contribution in [1.82, 2.24) is 18.7 Å². The van der Waals surface area contributed by atoms with Crippen molar-refractivity contribution in [2.24, 2.45) is 19.2 Å². The fourth-order valence-electron chi connectivity index (χ4n) is 3.21. The summed E-state index contributed by atoms with van der Waals surface area (Å²) in [6.45, 7) is 0.327. The number of aryl methyl sites for hydroxylation is 1. The summed E-state index contributed by atoms with van der Waals surface area (Å²) in [7, 11) is 3.03. The first-order valence-electron chi connectivity index (χ1n) is 9.20. The van der Waals surface area contributed by atoms with Crippen LogP contribution in [-0.2, 0) is 20.6 Å². The predicted octanol–water partition coefficient (Wildman–Crippen LogP) is 2.58. The predicted molar refractivity (Wildman–Crippen MR) is 118 cm³/mol. The lowest BCUT2D eigenvalue weighted by Crippen LogP contribution is -2.37. The van der Waals surface area contributed by atoms with Gasteiger partial charge in [0.1, 0.15) is 0 Å². The van der Waals surface area contributed by atoms with Crippen molar-refractivity contribution in [3.8, 4) is 0 Å². The molecular weight excluding hydrogens is 404 g/mol. The molecule has 0 unspecified atom stereocenters. The normalized spacial score (nSPS) is 11.4. The summed E-state index contributed by atoms with van der Waals surface area (Å²) in [5.41, 5.74) is 4.40. The van der Waals surface area contributed by atoms with Gasteiger partial charge >= 0.3 is 5.69 Å². The standard InChI is InChI=1S/C21H19ClN6O2/c1-26-18-17(19(29)27(2)21(26)30)28(13-15-9-6-10-16(22)11-15)20(24-18)25-23-12-14-7-4-3-5-8-14/h3-12H,13H2,1-2H3,(H,24,25)/b23-12-. The molecule has 8 nitrogen and oxygen atoms in total. The van der Waals surface area contributed by atoms with Crippen molar-refractivity contribution in [1.29, 1.82) is 0 Å². The maximum Gasteiger partial charge on any atom is 0.332 e. The minimum Gasteiger partial charge on any atom is -0.298 e. The monoisotopic (exact) mass is 422 g/mol. The Bertz CT molecular complexity index is 1370. The highest BCUT2D eigenvalue weighted by molar-refractivity contribution is 6.30. The molecule has 0 fully saturated rings. The molecule has 9 heteroatoms. The van der Waals surface area contributed by atoms with Gasteiger partial charge in [0.15, 0.2) is 11.2 Å². The van der Waals surface area contributed by atoms with Gasteiger partial charge in [0, 0.05) is 19.1 Å². The highest BCUT2D eigenvalue weighted by atomic mass is 35.5. The smallest absolute Gasteiger partial charge is 0.298 e. The molecule has 0 bridgehead atoms. The van der Waals surface area contributed by atoms with E-state index in [1.807, 2.05) is 48.5 Å². The molecule has 0 atom stereocenters. The second-order valence-corrected chi connectivity index (χ2v) is 7.25. The minimum atomic E-state index is -0.445. The van der Waals surface area contributed by atoms with Gasteiger partial charge in [-0.05, 0) is 23.3 Å². The summed E-state index contributed by atoms with van der Waals surface area (Å²) in [5.74, 6) is 0.343. The van der Waals surface area contributed by atoms with Gasteiger partial charge in [-0.2, -0.15) is 10.1 Å². The van der Waals surface area contributed by atoms with Crippen LogP contribution in [0.4, 0.5) is 5.95 Å². The van der Waals surface area contributed by atoms with E-state index in [4.69, 9.17) is 11.6 Å². The first kappa shape index (κ1) is 19.7. The number of nitrogens with one attached hydrogen (secondary N) is 1. The molecule has 0 aliphatic carbocycles. The quantitative estimate of drug-likeness (QED) is 0.395. The maximum absolute atomic E-state index is 12.9. The molecule has 2 aromatic carbocycles. The Kier molecular flexibility index (Phi) is 5.24. The molecule has 0 aliphatic heterocycles. The number of hydrazone groups is 1. The molecule has 0 amide bonds. The van der Waals surface area contributed by atoms with Crippen molar-refractivity contribution in [2.45, 2.75) is 6.54 Å². The molecule has 1 N–H and O–H groups in total. The van der Waals surface area contributed by atoms with Crippen LogP contribution >= 0.6 is 11.6 Å². The van der Waals surface area contributed by atoms with Crippen LogP contribution in [0.2, 0.25) is 5.02 Å². The van der Waals surface area contributed by atoms with Gasteiger partial charge in [0.2, 0.25) is 5.95 Å². The summed E-state index contributed by atoms with van der Waals surface area (Å²) in [6, 6.07) is 16.9. The summed E-state index contributed by atoms with van der Waals surface area (Å²) in [4.78, 5) is 29.7. The number of hydrogen-bond acceptors (Lipinski definition) is 5. The molecule has 0 saturated carbocycles. The van der Waals surface area contributed by atoms with Crippen molar-refractivity contribution in [3.05, 3.63) is 91.6 Å². The van der Waals surface area contributed by atoms with Gasteiger partial charge in [-0.25, -0.2) is 10.2 Å². The fourth-order valence-corrected chi connectivity index (χ4v) is 3.42. The van der Waals surface area contributed by atoms with Crippen molar-refractivity contribution >= 4 is 34.9 Å². The van der Waals surface area contributed by atoms with Gasteiger partial charge in [0.05, 0.1) is 12.8 Å². The van der Waals surface area contributed by atoms with Gasteiger partial charge in [-0.1, -0.05) is 54.1 Å². The molecule has 4 rings (SSSR count). The van der Waals surface area contributed by atoms with E-state index < -0.39 is 11.2 Å². The number of hydrogen-bond donors (Lipinski definition) is 1. The number of nitrogens with zero attached hydrogens (tertiary/aromatic N) is 5. The number of fused-ring (bicyclic) bond motifs is 1. The first-order valence-corrected chi connectivity index (χ1v) is 9.58. The van der Waals surface area contributed by atoms with Crippen LogP contribution < -0.4 is 16.7 Å². The van der Waals surface area contributed by atoms with E-state index >= 15 is 0 Å². The van der Waals surface area contributed by atoms with Gasteiger partial charge < -0.3 is 0 Å². The van der Waals surface area contributed by atoms with Crippen LogP contribution in [0, 0.1) is 0 Å². The maximum atomic E-state index is 12.9. The van der Waals surface area contributed by atoms with E-state index in [1.54, 1.807) is 23.9 Å². The number of halogens is 1. The molecule has 152 valence electrons. The van der Waals surface area contributed by atoms with E-state index in [9.17, 15) is 9.59 Å². The molecule has 2 heterocycles. The SMILES string of the molecule is Cn1c(=O)c2c(nc(N/N=C\c3ccccc3)n2Cc2cccc(Cl)c2)n(C)c1=O. The largest absolute Gasteiger partial charge is 0.332 e. The second-order valence-electron chi connectivity index (χ2n) is 6.81. The Labute approximate surface area is 176 Å². The lowest BCUT2D eigenvalue weighted by Gasteiger charge is -2.09. The first-order chi connectivity index (χ1) is 14.5. The zero-order valence-electron chi connectivity index (χ0n) is 16.4. The van der Waals surface area contributed by atoms with E-state index in [1.165, 1.54) is 11.6 Å². The topological polar surface area (TPSA) is 86.2 Å². The number of aromatic nitrogens is 4.